The minimum absolute atomic E-state index is 0.0671. The van der Waals surface area contributed by atoms with E-state index in [4.69, 9.17) is 16.3 Å². The summed E-state index contributed by atoms with van der Waals surface area (Å²) in [7, 11) is -3.42. The molecule has 1 unspecified atom stereocenters. The largest absolute Gasteiger partial charge is 0.492 e. The van der Waals surface area contributed by atoms with Gasteiger partial charge in [0.2, 0.25) is 10.0 Å². The first kappa shape index (κ1) is 15.3. The number of para-hydroxylation sites is 1. The Morgan fingerprint density at radius 1 is 1.14 bits per heavy atom. The smallest absolute Gasteiger partial charge is 0.216 e. The average molecular weight is 338 g/mol. The number of hydrogen-bond acceptors (Lipinski definition) is 3. The monoisotopic (exact) mass is 337 g/mol. The van der Waals surface area contributed by atoms with Gasteiger partial charge in [-0.1, -0.05) is 41.9 Å². The molecule has 1 atom stereocenters. The van der Waals surface area contributed by atoms with Crippen molar-refractivity contribution in [3.05, 3.63) is 64.7 Å². The van der Waals surface area contributed by atoms with Gasteiger partial charge in [-0.2, -0.15) is 0 Å². The molecule has 1 heterocycles. The molecule has 0 spiro atoms. The number of nitrogens with one attached hydrogen (secondary N) is 1. The molecule has 0 aromatic heterocycles. The first-order chi connectivity index (χ1) is 10.5. The maximum Gasteiger partial charge on any atom is 0.216 e. The van der Waals surface area contributed by atoms with Crippen LogP contribution in [-0.4, -0.2) is 21.1 Å². The molecule has 2 aromatic rings. The van der Waals surface area contributed by atoms with E-state index < -0.39 is 10.0 Å². The molecule has 4 nitrogen and oxygen atoms in total. The van der Waals surface area contributed by atoms with Crippen LogP contribution in [0.3, 0.4) is 0 Å². The summed E-state index contributed by atoms with van der Waals surface area (Å²) >= 11 is 5.80. The second-order valence-corrected chi connectivity index (χ2v) is 7.51. The van der Waals surface area contributed by atoms with Crippen molar-refractivity contribution in [3.8, 4) is 5.75 Å². The van der Waals surface area contributed by atoms with Crippen LogP contribution in [0.1, 0.15) is 11.1 Å². The number of ether oxygens (including phenoxy) is 1. The van der Waals surface area contributed by atoms with Crippen molar-refractivity contribution in [2.75, 3.05) is 6.61 Å². The van der Waals surface area contributed by atoms with Gasteiger partial charge in [-0.05, 0) is 35.7 Å². The molecule has 0 aliphatic carbocycles. The second kappa shape index (κ2) is 6.28. The SMILES string of the molecule is O=S(=O)(Cc1ccc(Cl)cc1)NC1COc2ccccc2C1. The number of halogens is 1. The van der Waals surface area contributed by atoms with Crippen molar-refractivity contribution >= 4 is 21.6 Å². The van der Waals surface area contributed by atoms with Crippen LogP contribution in [0.5, 0.6) is 5.75 Å². The second-order valence-electron chi connectivity index (χ2n) is 5.32. The van der Waals surface area contributed by atoms with Crippen LogP contribution < -0.4 is 9.46 Å². The lowest BCUT2D eigenvalue weighted by atomic mass is 10.0. The molecule has 1 aliphatic heterocycles. The van der Waals surface area contributed by atoms with E-state index in [2.05, 4.69) is 4.72 Å². The maximum absolute atomic E-state index is 12.3. The minimum Gasteiger partial charge on any atom is -0.492 e. The summed E-state index contributed by atoms with van der Waals surface area (Å²) in [4.78, 5) is 0. The van der Waals surface area contributed by atoms with Gasteiger partial charge < -0.3 is 4.74 Å². The highest BCUT2D eigenvalue weighted by Crippen LogP contribution is 2.24. The van der Waals surface area contributed by atoms with Crippen molar-refractivity contribution in [1.82, 2.24) is 4.72 Å². The zero-order valence-corrected chi connectivity index (χ0v) is 13.4. The quantitative estimate of drug-likeness (QED) is 0.933. The Kier molecular flexibility index (Phi) is 4.38. The average Bonchev–Trinajstić information content (AvgIpc) is 2.49. The molecule has 0 radical (unpaired) electrons. The molecule has 1 N–H and O–H groups in total. The first-order valence-electron chi connectivity index (χ1n) is 6.97. The molecular weight excluding hydrogens is 322 g/mol. The van der Waals surface area contributed by atoms with Crippen LogP contribution in [0.2, 0.25) is 5.02 Å². The van der Waals surface area contributed by atoms with Crippen LogP contribution in [0, 0.1) is 0 Å². The van der Waals surface area contributed by atoms with Gasteiger partial charge in [0, 0.05) is 5.02 Å². The maximum atomic E-state index is 12.3. The molecule has 0 bridgehead atoms. The topological polar surface area (TPSA) is 55.4 Å². The van der Waals surface area contributed by atoms with E-state index in [0.717, 1.165) is 11.3 Å². The molecular formula is C16H16ClNO3S. The van der Waals surface area contributed by atoms with Crippen molar-refractivity contribution in [3.63, 3.8) is 0 Å². The fourth-order valence-corrected chi connectivity index (χ4v) is 4.00. The Balaban J connectivity index is 1.66. The van der Waals surface area contributed by atoms with E-state index in [1.54, 1.807) is 24.3 Å². The summed E-state index contributed by atoms with van der Waals surface area (Å²) in [5.74, 6) is 0.762. The Labute approximate surface area is 135 Å². The highest BCUT2D eigenvalue weighted by Gasteiger charge is 2.24. The zero-order chi connectivity index (χ0) is 15.6. The van der Waals surface area contributed by atoms with Gasteiger partial charge >= 0.3 is 0 Å². The predicted molar refractivity (Wildman–Crippen MR) is 86.6 cm³/mol. The van der Waals surface area contributed by atoms with E-state index in [0.29, 0.717) is 23.6 Å². The Morgan fingerprint density at radius 3 is 2.64 bits per heavy atom. The number of rotatable bonds is 4. The highest BCUT2D eigenvalue weighted by atomic mass is 35.5. The molecule has 0 saturated heterocycles. The predicted octanol–water partition coefficient (Wildman–Crippen LogP) is 2.76. The van der Waals surface area contributed by atoms with E-state index in [9.17, 15) is 8.42 Å². The van der Waals surface area contributed by atoms with Gasteiger partial charge in [-0.25, -0.2) is 13.1 Å². The molecule has 1 aliphatic rings. The van der Waals surface area contributed by atoms with Crippen LogP contribution in [-0.2, 0) is 22.2 Å². The minimum atomic E-state index is -3.42. The standard InChI is InChI=1S/C16H16ClNO3S/c17-14-7-5-12(6-8-14)11-22(19,20)18-15-9-13-3-1-2-4-16(13)21-10-15/h1-8,15,18H,9-11H2. The van der Waals surface area contributed by atoms with Gasteiger partial charge in [0.15, 0.2) is 0 Å². The van der Waals surface area contributed by atoms with E-state index >= 15 is 0 Å². The van der Waals surface area contributed by atoms with Crippen molar-refractivity contribution in [2.45, 2.75) is 18.2 Å². The Hall–Kier alpha value is -1.56. The third kappa shape index (κ3) is 3.80. The van der Waals surface area contributed by atoms with E-state index in [-0.39, 0.29) is 11.8 Å². The van der Waals surface area contributed by atoms with E-state index in [1.807, 2.05) is 24.3 Å². The highest BCUT2D eigenvalue weighted by molar-refractivity contribution is 7.88. The van der Waals surface area contributed by atoms with Crippen LogP contribution in [0.4, 0.5) is 0 Å². The molecule has 0 fully saturated rings. The van der Waals surface area contributed by atoms with Gasteiger partial charge in [-0.15, -0.1) is 0 Å². The molecule has 2 aromatic carbocycles. The summed E-state index contributed by atoms with van der Waals surface area (Å²) < 4.78 is 32.8. The fourth-order valence-electron chi connectivity index (χ4n) is 2.50. The van der Waals surface area contributed by atoms with E-state index in [1.165, 1.54) is 0 Å². The summed E-state index contributed by atoms with van der Waals surface area (Å²) in [5.41, 5.74) is 1.72. The molecule has 0 amide bonds. The number of benzene rings is 2. The molecule has 6 heteroatoms. The van der Waals surface area contributed by atoms with Crippen LogP contribution in [0.25, 0.3) is 0 Å². The number of hydrogen-bond donors (Lipinski definition) is 1. The lowest BCUT2D eigenvalue weighted by Crippen LogP contribution is -2.43. The third-order valence-electron chi connectivity index (χ3n) is 3.50. The number of sulfonamides is 1. The summed E-state index contributed by atoms with van der Waals surface area (Å²) in [6.07, 6.45) is 0.635. The molecule has 22 heavy (non-hydrogen) atoms. The lowest BCUT2D eigenvalue weighted by Gasteiger charge is -2.25. The van der Waals surface area contributed by atoms with Gasteiger partial charge in [0.1, 0.15) is 12.4 Å². The van der Waals surface area contributed by atoms with Gasteiger partial charge in [-0.3, -0.25) is 0 Å². The van der Waals surface area contributed by atoms with Gasteiger partial charge in [0.05, 0.1) is 11.8 Å². The Morgan fingerprint density at radius 2 is 1.86 bits per heavy atom. The summed E-state index contributed by atoms with van der Waals surface area (Å²) in [6.45, 7) is 0.344. The molecule has 3 rings (SSSR count). The number of fused-ring (bicyclic) bond motifs is 1. The lowest BCUT2D eigenvalue weighted by molar-refractivity contribution is 0.254. The molecule has 0 saturated carbocycles. The van der Waals surface area contributed by atoms with Crippen molar-refractivity contribution in [2.24, 2.45) is 0 Å². The Bertz CT molecular complexity index is 759. The van der Waals surface area contributed by atoms with Crippen LogP contribution >= 0.6 is 11.6 Å². The van der Waals surface area contributed by atoms with Crippen LogP contribution in [0.15, 0.2) is 48.5 Å². The molecule has 116 valence electrons. The normalized spacial score (nSPS) is 17.6. The third-order valence-corrected chi connectivity index (χ3v) is 5.15. The van der Waals surface area contributed by atoms with Gasteiger partial charge in [0.25, 0.3) is 0 Å². The summed E-state index contributed by atoms with van der Waals surface area (Å²) in [6, 6.07) is 14.2. The van der Waals surface area contributed by atoms with Crippen molar-refractivity contribution < 1.29 is 13.2 Å². The van der Waals surface area contributed by atoms with Crippen molar-refractivity contribution in [1.29, 1.82) is 0 Å². The first-order valence-corrected chi connectivity index (χ1v) is 9.00. The summed E-state index contributed by atoms with van der Waals surface area (Å²) in [5, 5.41) is 0.589. The zero-order valence-electron chi connectivity index (χ0n) is 11.8. The fraction of sp³-hybridized carbons (Fsp3) is 0.250.